The predicted molar refractivity (Wildman–Crippen MR) is 80.7 cm³/mol. The van der Waals surface area contributed by atoms with Crippen molar-refractivity contribution < 1.29 is 18.1 Å². The van der Waals surface area contributed by atoms with Gasteiger partial charge in [0.1, 0.15) is 0 Å². The van der Waals surface area contributed by atoms with Crippen LogP contribution < -0.4 is 0 Å². The Kier molecular flexibility index (Phi) is 6.67. The van der Waals surface area contributed by atoms with Gasteiger partial charge < -0.3 is 4.52 Å². The van der Waals surface area contributed by atoms with Crippen LogP contribution in [-0.2, 0) is 18.1 Å². The molecule has 0 saturated heterocycles. The molecule has 0 aliphatic carbocycles. The summed E-state index contributed by atoms with van der Waals surface area (Å²) < 4.78 is 27.0. The monoisotopic (exact) mass is 408 g/mol. The maximum atomic E-state index is 11.9. The van der Waals surface area contributed by atoms with Crippen LogP contribution in [-0.4, -0.2) is 14.2 Å². The lowest BCUT2D eigenvalue weighted by atomic mass is 10.2. The smallest absolute Gasteiger partial charge is 0.402 e. The van der Waals surface area contributed by atoms with Crippen LogP contribution in [0.25, 0.3) is 5.76 Å². The predicted octanol–water partition coefficient (Wildman–Crippen LogP) is 5.71. The molecule has 0 bridgehead atoms. The second kappa shape index (κ2) is 7.32. The number of phosphoric ester groups is 1. The lowest BCUT2D eigenvalue weighted by molar-refractivity contribution is 0.201. The van der Waals surface area contributed by atoms with E-state index < -0.39 is 7.82 Å². The highest BCUT2D eigenvalue weighted by Gasteiger charge is 2.27. The first kappa shape index (κ1) is 17.3. The van der Waals surface area contributed by atoms with Gasteiger partial charge in [-0.05, 0) is 28.1 Å². The van der Waals surface area contributed by atoms with Crippen LogP contribution in [0.3, 0.4) is 0 Å². The standard InChI is InChI=1S/C10H9BrCl3O4P/c1-16-19(15,17-2)18-10(5-12)6-3-8(13)9(14)4-7(6)11/h3-5H,1-2H3/b10-5+. The molecule has 106 valence electrons. The van der Waals surface area contributed by atoms with Crippen LogP contribution >= 0.6 is 58.6 Å². The Morgan fingerprint density at radius 3 is 2.26 bits per heavy atom. The van der Waals surface area contributed by atoms with E-state index in [1.165, 1.54) is 20.3 Å². The molecule has 0 amide bonds. The third kappa shape index (κ3) is 4.36. The van der Waals surface area contributed by atoms with E-state index in [1.807, 2.05) is 0 Å². The number of hydrogen-bond donors (Lipinski definition) is 0. The molecule has 0 aromatic heterocycles. The van der Waals surface area contributed by atoms with E-state index in [0.29, 0.717) is 20.1 Å². The van der Waals surface area contributed by atoms with Crippen molar-refractivity contribution >= 4 is 64.3 Å². The molecule has 1 aromatic rings. The van der Waals surface area contributed by atoms with Crippen LogP contribution in [0.1, 0.15) is 5.56 Å². The van der Waals surface area contributed by atoms with Gasteiger partial charge in [0.05, 0.1) is 10.0 Å². The summed E-state index contributed by atoms with van der Waals surface area (Å²) in [5, 5.41) is 0.650. The van der Waals surface area contributed by atoms with Gasteiger partial charge in [-0.3, -0.25) is 9.05 Å². The summed E-state index contributed by atoms with van der Waals surface area (Å²) in [5.74, 6) is 0.0686. The molecule has 0 saturated carbocycles. The average Bonchev–Trinajstić information content (AvgIpc) is 2.40. The Hall–Kier alpha value is 0.260. The summed E-state index contributed by atoms with van der Waals surface area (Å²) in [6, 6.07) is 3.07. The Morgan fingerprint density at radius 2 is 1.79 bits per heavy atom. The summed E-state index contributed by atoms with van der Waals surface area (Å²) in [7, 11) is -1.33. The van der Waals surface area contributed by atoms with Crippen molar-refractivity contribution in [2.75, 3.05) is 14.2 Å². The van der Waals surface area contributed by atoms with E-state index in [1.54, 1.807) is 6.07 Å². The van der Waals surface area contributed by atoms with E-state index in [-0.39, 0.29) is 5.76 Å². The summed E-state index contributed by atoms with van der Waals surface area (Å²) in [6.45, 7) is 0. The number of benzene rings is 1. The first-order chi connectivity index (χ1) is 8.86. The largest absolute Gasteiger partial charge is 0.529 e. The van der Waals surface area contributed by atoms with Gasteiger partial charge in [-0.25, -0.2) is 4.57 Å². The zero-order valence-electron chi connectivity index (χ0n) is 9.82. The molecule has 1 rings (SSSR count). The Bertz CT molecular complexity index is 542. The van der Waals surface area contributed by atoms with Crippen molar-refractivity contribution in [3.63, 3.8) is 0 Å². The Morgan fingerprint density at radius 1 is 1.26 bits per heavy atom. The molecule has 19 heavy (non-hydrogen) atoms. The van der Waals surface area contributed by atoms with Gasteiger partial charge in [0.2, 0.25) is 0 Å². The fraction of sp³-hybridized carbons (Fsp3) is 0.200. The zero-order chi connectivity index (χ0) is 14.6. The van der Waals surface area contributed by atoms with E-state index in [2.05, 4.69) is 25.0 Å². The van der Waals surface area contributed by atoms with Crippen LogP contribution in [0.15, 0.2) is 22.1 Å². The van der Waals surface area contributed by atoms with E-state index in [4.69, 9.17) is 39.3 Å². The second-order valence-corrected chi connectivity index (χ2v) is 6.82. The normalized spacial score (nSPS) is 12.6. The molecule has 0 radical (unpaired) electrons. The van der Waals surface area contributed by atoms with Crippen molar-refractivity contribution in [3.05, 3.63) is 37.7 Å². The van der Waals surface area contributed by atoms with Gasteiger partial charge in [-0.1, -0.05) is 34.8 Å². The lowest BCUT2D eigenvalue weighted by Gasteiger charge is -2.17. The molecule has 0 heterocycles. The summed E-state index contributed by atoms with van der Waals surface area (Å²) in [6.07, 6.45) is 0. The third-order valence-electron chi connectivity index (χ3n) is 2.03. The van der Waals surface area contributed by atoms with Gasteiger partial charge in [0.25, 0.3) is 0 Å². The topological polar surface area (TPSA) is 44.8 Å². The minimum atomic E-state index is -3.72. The van der Waals surface area contributed by atoms with Crippen molar-refractivity contribution in [1.29, 1.82) is 0 Å². The molecule has 0 aliphatic heterocycles. The maximum Gasteiger partial charge on any atom is 0.529 e. The molecular formula is C10H9BrCl3O4P. The van der Waals surface area contributed by atoms with Crippen molar-refractivity contribution in [1.82, 2.24) is 0 Å². The highest BCUT2D eigenvalue weighted by Crippen LogP contribution is 2.52. The highest BCUT2D eigenvalue weighted by atomic mass is 79.9. The van der Waals surface area contributed by atoms with Crippen molar-refractivity contribution in [3.8, 4) is 0 Å². The number of halogens is 4. The number of hydrogen-bond acceptors (Lipinski definition) is 4. The Balaban J connectivity index is 3.20. The lowest BCUT2D eigenvalue weighted by Crippen LogP contribution is -1.96. The minimum absolute atomic E-state index is 0.0686. The molecule has 0 aliphatic rings. The highest BCUT2D eigenvalue weighted by molar-refractivity contribution is 9.10. The van der Waals surface area contributed by atoms with E-state index in [9.17, 15) is 4.57 Å². The van der Waals surface area contributed by atoms with Crippen molar-refractivity contribution in [2.24, 2.45) is 0 Å². The van der Waals surface area contributed by atoms with Gasteiger partial charge >= 0.3 is 7.82 Å². The summed E-state index contributed by atoms with van der Waals surface area (Å²) in [5.41, 5.74) is 1.55. The van der Waals surface area contributed by atoms with Crippen LogP contribution in [0.5, 0.6) is 0 Å². The molecule has 0 atom stereocenters. The van der Waals surface area contributed by atoms with Gasteiger partial charge in [0, 0.05) is 29.8 Å². The quantitative estimate of drug-likeness (QED) is 0.354. The summed E-state index contributed by atoms with van der Waals surface area (Å²) >= 11 is 20.7. The zero-order valence-corrected chi connectivity index (χ0v) is 14.6. The third-order valence-corrected chi connectivity index (χ3v) is 4.92. The minimum Gasteiger partial charge on any atom is -0.402 e. The fourth-order valence-corrected chi connectivity index (χ4v) is 3.02. The maximum absolute atomic E-state index is 11.9. The molecule has 9 heteroatoms. The first-order valence-corrected chi connectivity index (χ1v) is 8.18. The molecule has 0 N–H and O–H groups in total. The van der Waals surface area contributed by atoms with E-state index in [0.717, 1.165) is 5.54 Å². The molecule has 4 nitrogen and oxygen atoms in total. The molecule has 0 spiro atoms. The average molecular weight is 410 g/mol. The molecular weight excluding hydrogens is 401 g/mol. The van der Waals surface area contributed by atoms with Gasteiger partial charge in [-0.15, -0.1) is 0 Å². The summed E-state index contributed by atoms with van der Waals surface area (Å²) in [4.78, 5) is 0. The molecule has 1 aromatic carbocycles. The fourth-order valence-electron chi connectivity index (χ4n) is 1.11. The first-order valence-electron chi connectivity index (χ1n) is 4.73. The van der Waals surface area contributed by atoms with Crippen LogP contribution in [0.4, 0.5) is 0 Å². The van der Waals surface area contributed by atoms with E-state index >= 15 is 0 Å². The van der Waals surface area contributed by atoms with Crippen LogP contribution in [0.2, 0.25) is 10.0 Å². The SMILES string of the molecule is COP(=O)(OC)O/C(=C/Cl)c1cc(Cl)c(Cl)cc1Br. The molecule has 0 unspecified atom stereocenters. The number of phosphoric acid groups is 1. The Labute approximate surface area is 134 Å². The van der Waals surface area contributed by atoms with Gasteiger partial charge in [0.15, 0.2) is 5.76 Å². The van der Waals surface area contributed by atoms with Gasteiger partial charge in [-0.2, -0.15) is 0 Å². The van der Waals surface area contributed by atoms with Crippen LogP contribution in [0, 0.1) is 0 Å². The molecule has 0 fully saturated rings. The second-order valence-electron chi connectivity index (χ2n) is 3.12. The van der Waals surface area contributed by atoms with Crippen molar-refractivity contribution in [2.45, 2.75) is 0 Å². The number of rotatable bonds is 5.